The maximum absolute atomic E-state index is 9.51. The lowest BCUT2D eigenvalue weighted by molar-refractivity contribution is 1.49. The molecule has 0 heterocycles. The molecule has 3 rings (SSSR count). The van der Waals surface area contributed by atoms with Gasteiger partial charge in [-0.2, -0.15) is 15.8 Å². The quantitative estimate of drug-likeness (QED) is 0.407. The number of nitrogen functional groups attached to an aromatic ring is 5. The Morgan fingerprint density at radius 2 is 0.960 bits per heavy atom. The topological polar surface area (TPSA) is 201 Å². The Kier molecular flexibility index (Phi) is 3.16. The first-order valence-corrected chi connectivity index (χ1v) is 7.02. The molecule has 0 atom stereocenters. The van der Waals surface area contributed by atoms with E-state index in [1.165, 1.54) is 12.1 Å². The minimum Gasteiger partial charge on any atom is -0.398 e. The van der Waals surface area contributed by atoms with E-state index < -0.39 is 0 Å². The van der Waals surface area contributed by atoms with Gasteiger partial charge in [-0.15, -0.1) is 0 Å². The summed E-state index contributed by atoms with van der Waals surface area (Å²) in [6.45, 7) is 0. The minimum absolute atomic E-state index is 0.000945. The Morgan fingerprint density at radius 3 is 1.28 bits per heavy atom. The molecule has 3 aliphatic rings. The van der Waals surface area contributed by atoms with Crippen LogP contribution in [0.15, 0.2) is 12.1 Å². The van der Waals surface area contributed by atoms with Crippen molar-refractivity contribution < 1.29 is 0 Å². The molecule has 0 amide bonds. The predicted octanol–water partition coefficient (Wildman–Crippen LogP) is 1.42. The van der Waals surface area contributed by atoms with Crippen LogP contribution in [0.25, 0.3) is 22.3 Å². The maximum Gasteiger partial charge on any atom is 0.104 e. The molecule has 25 heavy (non-hydrogen) atoms. The minimum atomic E-state index is -0.000945. The molecule has 0 aromatic rings. The van der Waals surface area contributed by atoms with Crippen LogP contribution in [0.3, 0.4) is 0 Å². The molecule has 0 unspecified atom stereocenters. The molecular formula is C17H12N8. The van der Waals surface area contributed by atoms with Crippen molar-refractivity contribution >= 4 is 28.4 Å². The van der Waals surface area contributed by atoms with Gasteiger partial charge in [-0.05, 0) is 12.1 Å². The zero-order valence-electron chi connectivity index (χ0n) is 12.9. The molecule has 0 fully saturated rings. The van der Waals surface area contributed by atoms with Crippen LogP contribution in [0.4, 0.5) is 28.4 Å². The number of nitriles is 3. The van der Waals surface area contributed by atoms with Gasteiger partial charge in [0, 0.05) is 22.3 Å². The first-order valence-electron chi connectivity index (χ1n) is 7.02. The van der Waals surface area contributed by atoms with Crippen LogP contribution in [0, 0.1) is 34.0 Å². The number of fused-ring (bicyclic) bond motifs is 2. The highest BCUT2D eigenvalue weighted by atomic mass is 14.7. The number of hydrogen-bond acceptors (Lipinski definition) is 8. The molecule has 3 aliphatic carbocycles. The van der Waals surface area contributed by atoms with Crippen LogP contribution >= 0.6 is 0 Å². The highest BCUT2D eigenvalue weighted by Crippen LogP contribution is 2.50. The van der Waals surface area contributed by atoms with Gasteiger partial charge in [-0.3, -0.25) is 0 Å². The van der Waals surface area contributed by atoms with Gasteiger partial charge < -0.3 is 28.7 Å². The zero-order chi connectivity index (χ0) is 18.5. The number of nitrogens with two attached hydrogens (primary N) is 5. The molecule has 8 nitrogen and oxygen atoms in total. The standard InChI is InChI=1S/C17H12N8/c18-3-6-1-8-11(13(6)21)17(25)12-9(2-7(4-19)14(12)22)16(24)10(5-20)15(8)23/h1-2H,21-25H2. The molecular weight excluding hydrogens is 316 g/mol. The van der Waals surface area contributed by atoms with Crippen molar-refractivity contribution in [1.29, 1.82) is 15.8 Å². The van der Waals surface area contributed by atoms with Crippen LogP contribution in [0.1, 0.15) is 16.7 Å². The smallest absolute Gasteiger partial charge is 0.104 e. The predicted molar refractivity (Wildman–Crippen MR) is 95.9 cm³/mol. The van der Waals surface area contributed by atoms with Gasteiger partial charge in [0.2, 0.25) is 0 Å². The second kappa shape index (κ2) is 5.09. The van der Waals surface area contributed by atoms with Crippen LogP contribution in [0.2, 0.25) is 0 Å². The van der Waals surface area contributed by atoms with Gasteiger partial charge in [-0.1, -0.05) is 0 Å². The van der Waals surface area contributed by atoms with E-state index in [1.807, 2.05) is 18.2 Å². The third-order valence-electron chi connectivity index (χ3n) is 4.25. The molecule has 0 spiro atoms. The van der Waals surface area contributed by atoms with E-state index in [0.717, 1.165) is 0 Å². The molecule has 0 aromatic carbocycles. The summed E-state index contributed by atoms with van der Waals surface area (Å²) in [4.78, 5) is 0. The van der Waals surface area contributed by atoms with Crippen LogP contribution in [0.5, 0.6) is 0 Å². The fourth-order valence-corrected chi connectivity index (χ4v) is 3.00. The second-order valence-electron chi connectivity index (χ2n) is 5.47. The number of nitrogens with zero attached hydrogens (tertiary/aromatic N) is 3. The molecule has 0 saturated carbocycles. The highest BCUT2D eigenvalue weighted by Gasteiger charge is 2.27. The van der Waals surface area contributed by atoms with E-state index >= 15 is 0 Å². The first-order chi connectivity index (χ1) is 11.9. The summed E-state index contributed by atoms with van der Waals surface area (Å²) < 4.78 is 0. The van der Waals surface area contributed by atoms with Crippen molar-refractivity contribution in [2.75, 3.05) is 28.7 Å². The average molecular weight is 328 g/mol. The SMILES string of the molecule is N#Cc1cc2c(N)c(C#N)c(N)c3cc(C#N)c(N)c-3c(N)c-2c1N. The Labute approximate surface area is 142 Å². The molecule has 0 radical (unpaired) electrons. The van der Waals surface area contributed by atoms with E-state index in [-0.39, 0.29) is 45.1 Å². The van der Waals surface area contributed by atoms with Gasteiger partial charge >= 0.3 is 0 Å². The van der Waals surface area contributed by atoms with Crippen molar-refractivity contribution in [3.05, 3.63) is 28.8 Å². The third-order valence-corrected chi connectivity index (χ3v) is 4.25. The van der Waals surface area contributed by atoms with Gasteiger partial charge in [-0.25, -0.2) is 0 Å². The van der Waals surface area contributed by atoms with Crippen LogP contribution < -0.4 is 28.7 Å². The van der Waals surface area contributed by atoms with Crippen molar-refractivity contribution in [2.45, 2.75) is 0 Å². The maximum atomic E-state index is 9.51. The van der Waals surface area contributed by atoms with E-state index in [0.29, 0.717) is 22.3 Å². The third kappa shape index (κ3) is 1.84. The van der Waals surface area contributed by atoms with E-state index in [1.54, 1.807) is 0 Å². The number of anilines is 5. The average Bonchev–Trinajstić information content (AvgIpc) is 3.10. The summed E-state index contributed by atoms with van der Waals surface area (Å²) in [5.74, 6) is 0. The van der Waals surface area contributed by atoms with Crippen molar-refractivity contribution in [3.8, 4) is 40.5 Å². The molecule has 0 aromatic heterocycles. The summed E-state index contributed by atoms with van der Waals surface area (Å²) in [7, 11) is 0. The van der Waals surface area contributed by atoms with Crippen molar-refractivity contribution in [2.24, 2.45) is 0 Å². The summed E-state index contributed by atoms with van der Waals surface area (Å²) in [5, 5.41) is 28.0. The molecule has 0 saturated heterocycles. The van der Waals surface area contributed by atoms with Gasteiger partial charge in [0.05, 0.1) is 45.1 Å². The van der Waals surface area contributed by atoms with Gasteiger partial charge in [0.25, 0.3) is 0 Å². The Hall–Kier alpha value is -4.35. The summed E-state index contributed by atoms with van der Waals surface area (Å²) in [5.41, 5.74) is 32.7. The van der Waals surface area contributed by atoms with E-state index in [9.17, 15) is 15.8 Å². The molecule has 120 valence electrons. The number of hydrogen-bond donors (Lipinski definition) is 5. The van der Waals surface area contributed by atoms with Crippen LogP contribution in [-0.4, -0.2) is 0 Å². The van der Waals surface area contributed by atoms with Gasteiger partial charge in [0.1, 0.15) is 18.2 Å². The lowest BCUT2D eigenvalue weighted by Gasteiger charge is -2.14. The Balaban J connectivity index is 2.72. The summed E-state index contributed by atoms with van der Waals surface area (Å²) >= 11 is 0. The Bertz CT molecular complexity index is 1040. The second-order valence-corrected chi connectivity index (χ2v) is 5.47. The summed E-state index contributed by atoms with van der Waals surface area (Å²) in [6, 6.07) is 8.77. The number of rotatable bonds is 0. The lowest BCUT2D eigenvalue weighted by atomic mass is 9.95. The van der Waals surface area contributed by atoms with Crippen LogP contribution in [-0.2, 0) is 0 Å². The largest absolute Gasteiger partial charge is 0.398 e. The molecule has 0 bridgehead atoms. The normalized spacial score (nSPS) is 10.3. The monoisotopic (exact) mass is 328 g/mol. The highest BCUT2D eigenvalue weighted by molar-refractivity contribution is 6.09. The zero-order valence-corrected chi connectivity index (χ0v) is 12.9. The molecule has 0 aliphatic heterocycles. The fourth-order valence-electron chi connectivity index (χ4n) is 3.00. The lowest BCUT2D eigenvalue weighted by Crippen LogP contribution is -2.04. The Morgan fingerprint density at radius 1 is 0.560 bits per heavy atom. The fraction of sp³-hybridized carbons (Fsp3) is 0. The van der Waals surface area contributed by atoms with E-state index in [2.05, 4.69) is 0 Å². The van der Waals surface area contributed by atoms with Gasteiger partial charge in [0.15, 0.2) is 0 Å². The van der Waals surface area contributed by atoms with Crippen molar-refractivity contribution in [3.63, 3.8) is 0 Å². The van der Waals surface area contributed by atoms with Crippen molar-refractivity contribution in [1.82, 2.24) is 0 Å². The molecule has 8 heteroatoms. The summed E-state index contributed by atoms with van der Waals surface area (Å²) in [6.07, 6.45) is 0. The first kappa shape index (κ1) is 15.5. The molecule has 10 N–H and O–H groups in total. The van der Waals surface area contributed by atoms with E-state index in [4.69, 9.17) is 28.7 Å².